The molecule has 128 valence electrons. The van der Waals surface area contributed by atoms with Gasteiger partial charge in [0.25, 0.3) is 11.8 Å². The summed E-state index contributed by atoms with van der Waals surface area (Å²) in [5, 5.41) is 2.89. The van der Waals surface area contributed by atoms with Crippen LogP contribution in [0.5, 0.6) is 0 Å². The van der Waals surface area contributed by atoms with E-state index in [-0.39, 0.29) is 11.8 Å². The quantitative estimate of drug-likeness (QED) is 0.789. The molecule has 26 heavy (non-hydrogen) atoms. The molecule has 1 N–H and O–H groups in total. The minimum absolute atomic E-state index is 0.126. The number of benzene rings is 2. The number of carbonyl (C=O) groups is 2. The van der Waals surface area contributed by atoms with Crippen LogP contribution in [0.25, 0.3) is 0 Å². The zero-order valence-electron chi connectivity index (χ0n) is 14.0. The van der Waals surface area contributed by atoms with E-state index in [4.69, 9.17) is 0 Å². The van der Waals surface area contributed by atoms with E-state index in [1.54, 1.807) is 35.5 Å². The summed E-state index contributed by atoms with van der Waals surface area (Å²) in [7, 11) is 0. The van der Waals surface area contributed by atoms with E-state index in [2.05, 4.69) is 10.3 Å². The third-order valence-corrected chi connectivity index (χ3v) is 4.47. The zero-order valence-corrected chi connectivity index (χ0v) is 14.0. The second kappa shape index (κ2) is 6.80. The SMILES string of the molecule is O=C(Nc1ccncc1)[C@@H](c1ccccc1)N1Cc2ccccc2C1=O. The molecule has 0 radical (unpaired) electrons. The van der Waals surface area contributed by atoms with Gasteiger partial charge in [-0.2, -0.15) is 0 Å². The maximum absolute atomic E-state index is 13.1. The van der Waals surface area contributed by atoms with Gasteiger partial charge in [0, 0.05) is 30.2 Å². The van der Waals surface area contributed by atoms with E-state index in [0.717, 1.165) is 11.1 Å². The first kappa shape index (κ1) is 16.0. The Morgan fingerprint density at radius 3 is 2.38 bits per heavy atom. The topological polar surface area (TPSA) is 62.3 Å². The third kappa shape index (κ3) is 2.95. The molecule has 0 fully saturated rings. The first-order valence-corrected chi connectivity index (χ1v) is 8.39. The van der Waals surface area contributed by atoms with E-state index in [9.17, 15) is 9.59 Å². The lowest BCUT2D eigenvalue weighted by Gasteiger charge is -2.27. The van der Waals surface area contributed by atoms with Gasteiger partial charge in [-0.1, -0.05) is 48.5 Å². The van der Waals surface area contributed by atoms with Crippen LogP contribution in [0.4, 0.5) is 5.69 Å². The fraction of sp³-hybridized carbons (Fsp3) is 0.0952. The molecule has 4 rings (SSSR count). The highest BCUT2D eigenvalue weighted by molar-refractivity contribution is 6.03. The Hall–Kier alpha value is -3.47. The molecule has 0 unspecified atom stereocenters. The zero-order chi connectivity index (χ0) is 17.9. The van der Waals surface area contributed by atoms with Gasteiger partial charge in [-0.25, -0.2) is 0 Å². The highest BCUT2D eigenvalue weighted by Crippen LogP contribution is 2.32. The molecule has 3 aromatic rings. The average molecular weight is 343 g/mol. The van der Waals surface area contributed by atoms with Crippen molar-refractivity contribution < 1.29 is 9.59 Å². The minimum atomic E-state index is -0.704. The van der Waals surface area contributed by atoms with Crippen molar-refractivity contribution in [1.82, 2.24) is 9.88 Å². The van der Waals surface area contributed by atoms with Gasteiger partial charge >= 0.3 is 0 Å². The Morgan fingerprint density at radius 2 is 1.65 bits per heavy atom. The lowest BCUT2D eigenvalue weighted by molar-refractivity contribution is -0.120. The maximum Gasteiger partial charge on any atom is 0.255 e. The van der Waals surface area contributed by atoms with Crippen molar-refractivity contribution in [3.05, 3.63) is 95.8 Å². The molecule has 0 saturated carbocycles. The van der Waals surface area contributed by atoms with Crippen molar-refractivity contribution in [2.24, 2.45) is 0 Å². The largest absolute Gasteiger partial charge is 0.324 e. The van der Waals surface area contributed by atoms with Crippen LogP contribution in [0.2, 0.25) is 0 Å². The van der Waals surface area contributed by atoms with Crippen molar-refractivity contribution in [2.75, 3.05) is 5.32 Å². The molecule has 2 aromatic carbocycles. The Bertz CT molecular complexity index is 942. The standard InChI is InChI=1S/C21H17N3O2/c25-20(23-17-10-12-22-13-11-17)19(15-6-2-1-3-7-15)24-14-16-8-4-5-9-18(16)21(24)26/h1-13,19H,14H2,(H,22,23,25)/t19-/m1/s1. The van der Waals surface area contributed by atoms with Crippen molar-refractivity contribution >= 4 is 17.5 Å². The predicted molar refractivity (Wildman–Crippen MR) is 98.4 cm³/mol. The second-order valence-electron chi connectivity index (χ2n) is 6.13. The van der Waals surface area contributed by atoms with Crippen molar-refractivity contribution in [3.8, 4) is 0 Å². The summed E-state index contributed by atoms with van der Waals surface area (Å²) in [4.78, 5) is 31.6. The number of amides is 2. The summed E-state index contributed by atoms with van der Waals surface area (Å²) in [6.07, 6.45) is 3.23. The van der Waals surface area contributed by atoms with Gasteiger partial charge in [-0.05, 0) is 29.3 Å². The third-order valence-electron chi connectivity index (χ3n) is 4.47. The number of anilines is 1. The summed E-state index contributed by atoms with van der Waals surface area (Å²) in [6, 6.07) is 19.6. The van der Waals surface area contributed by atoms with Crippen molar-refractivity contribution in [2.45, 2.75) is 12.6 Å². The number of nitrogens with zero attached hydrogens (tertiary/aromatic N) is 2. The fourth-order valence-electron chi connectivity index (χ4n) is 3.24. The van der Waals surface area contributed by atoms with Crippen LogP contribution >= 0.6 is 0 Å². The molecule has 1 aromatic heterocycles. The van der Waals surface area contributed by atoms with Gasteiger partial charge in [0.15, 0.2) is 0 Å². The summed E-state index contributed by atoms with van der Waals surface area (Å²) in [6.45, 7) is 0.415. The minimum Gasteiger partial charge on any atom is -0.324 e. The highest BCUT2D eigenvalue weighted by Gasteiger charge is 2.37. The molecular weight excluding hydrogens is 326 g/mol. The first-order chi connectivity index (χ1) is 12.7. The molecule has 2 heterocycles. The van der Waals surface area contributed by atoms with Crippen LogP contribution in [0.3, 0.4) is 0 Å². The molecule has 0 aliphatic carbocycles. The number of pyridine rings is 1. The summed E-state index contributed by atoms with van der Waals surface area (Å²) in [5.74, 6) is -0.372. The summed E-state index contributed by atoms with van der Waals surface area (Å²) < 4.78 is 0. The van der Waals surface area contributed by atoms with Crippen LogP contribution in [0.15, 0.2) is 79.1 Å². The Balaban J connectivity index is 1.69. The fourth-order valence-corrected chi connectivity index (χ4v) is 3.24. The molecule has 5 nitrogen and oxygen atoms in total. The Labute approximate surface area is 151 Å². The van der Waals surface area contributed by atoms with Crippen molar-refractivity contribution in [1.29, 1.82) is 0 Å². The molecule has 2 amide bonds. The first-order valence-electron chi connectivity index (χ1n) is 8.39. The molecule has 0 spiro atoms. The molecular formula is C21H17N3O2. The van der Waals surface area contributed by atoms with Gasteiger partial charge < -0.3 is 10.2 Å². The number of rotatable bonds is 4. The molecule has 1 aliphatic heterocycles. The van der Waals surface area contributed by atoms with Gasteiger partial charge in [-0.3, -0.25) is 14.6 Å². The number of carbonyl (C=O) groups excluding carboxylic acids is 2. The van der Waals surface area contributed by atoms with E-state index < -0.39 is 6.04 Å². The maximum atomic E-state index is 13.1. The summed E-state index contributed by atoms with van der Waals surface area (Å²) in [5.41, 5.74) is 3.02. The van der Waals surface area contributed by atoms with Crippen LogP contribution in [0, 0.1) is 0 Å². The van der Waals surface area contributed by atoms with Gasteiger partial charge in [0.1, 0.15) is 6.04 Å². The van der Waals surface area contributed by atoms with Gasteiger partial charge in [-0.15, -0.1) is 0 Å². The van der Waals surface area contributed by atoms with Crippen LogP contribution in [-0.2, 0) is 11.3 Å². The van der Waals surface area contributed by atoms with E-state index in [1.807, 2.05) is 48.5 Å². The number of fused-ring (bicyclic) bond motifs is 1. The Morgan fingerprint density at radius 1 is 0.962 bits per heavy atom. The van der Waals surface area contributed by atoms with Crippen molar-refractivity contribution in [3.63, 3.8) is 0 Å². The summed E-state index contributed by atoms with van der Waals surface area (Å²) >= 11 is 0. The van der Waals surface area contributed by atoms with Crippen LogP contribution in [0.1, 0.15) is 27.5 Å². The van der Waals surface area contributed by atoms with Crippen LogP contribution in [-0.4, -0.2) is 21.7 Å². The molecule has 5 heteroatoms. The highest BCUT2D eigenvalue weighted by atomic mass is 16.2. The second-order valence-corrected chi connectivity index (χ2v) is 6.13. The van der Waals surface area contributed by atoms with Gasteiger partial charge in [0.05, 0.1) is 0 Å². The normalized spacial score (nSPS) is 14.0. The van der Waals surface area contributed by atoms with Crippen LogP contribution < -0.4 is 5.32 Å². The number of hydrogen-bond acceptors (Lipinski definition) is 3. The molecule has 1 aliphatic rings. The number of aromatic nitrogens is 1. The Kier molecular flexibility index (Phi) is 4.19. The lowest BCUT2D eigenvalue weighted by Crippen LogP contribution is -2.37. The molecule has 0 saturated heterocycles. The monoisotopic (exact) mass is 343 g/mol. The van der Waals surface area contributed by atoms with E-state index in [0.29, 0.717) is 17.8 Å². The lowest BCUT2D eigenvalue weighted by atomic mass is 10.0. The number of nitrogens with one attached hydrogen (secondary N) is 1. The van der Waals surface area contributed by atoms with E-state index in [1.165, 1.54) is 0 Å². The molecule has 0 bridgehead atoms. The van der Waals surface area contributed by atoms with Gasteiger partial charge in [0.2, 0.25) is 0 Å². The average Bonchev–Trinajstić information content (AvgIpc) is 3.00. The predicted octanol–water partition coefficient (Wildman–Crippen LogP) is 3.42. The number of hydrogen-bond donors (Lipinski definition) is 1. The molecule has 1 atom stereocenters. The smallest absolute Gasteiger partial charge is 0.255 e. The van der Waals surface area contributed by atoms with E-state index >= 15 is 0 Å².